The Morgan fingerprint density at radius 3 is 2.71 bits per heavy atom. The highest BCUT2D eigenvalue weighted by molar-refractivity contribution is 5.87. The number of carboxylic acid groups (broad SMARTS) is 1. The number of nitro groups is 1. The molecule has 1 heterocycles. The first-order chi connectivity index (χ1) is 8.09. The minimum atomic E-state index is -1.25. The van der Waals surface area contributed by atoms with Crippen LogP contribution >= 0.6 is 0 Å². The third kappa shape index (κ3) is 1.98. The van der Waals surface area contributed by atoms with Crippen molar-refractivity contribution in [3.05, 3.63) is 46.1 Å². The van der Waals surface area contributed by atoms with Gasteiger partial charge >= 0.3 is 5.97 Å². The monoisotopic (exact) mass is 234 g/mol. The number of para-hydroxylation sites is 1. The Morgan fingerprint density at radius 1 is 1.41 bits per heavy atom. The van der Waals surface area contributed by atoms with E-state index >= 15 is 0 Å². The number of benzene rings is 1. The van der Waals surface area contributed by atoms with Crippen molar-refractivity contribution in [1.29, 1.82) is 0 Å². The molecule has 7 heteroatoms. The summed E-state index contributed by atoms with van der Waals surface area (Å²) in [5.41, 5.74) is -0.267. The highest BCUT2D eigenvalue weighted by Gasteiger charge is 2.19. The SMILES string of the molecule is O=C(O)c1cc(-c2ccccc2[N+](=O)[O-])on1. The van der Waals surface area contributed by atoms with E-state index in [0.717, 1.165) is 6.07 Å². The van der Waals surface area contributed by atoms with Crippen LogP contribution in [0, 0.1) is 10.1 Å². The molecule has 1 aromatic heterocycles. The quantitative estimate of drug-likeness (QED) is 0.642. The second-order valence-corrected chi connectivity index (χ2v) is 3.16. The van der Waals surface area contributed by atoms with E-state index in [1.165, 1.54) is 18.2 Å². The van der Waals surface area contributed by atoms with E-state index in [-0.39, 0.29) is 22.7 Å². The van der Waals surface area contributed by atoms with Crippen LogP contribution in [0.4, 0.5) is 5.69 Å². The normalized spacial score (nSPS) is 10.1. The Morgan fingerprint density at radius 2 is 2.12 bits per heavy atom. The maximum Gasteiger partial charge on any atom is 0.358 e. The maximum atomic E-state index is 10.8. The molecule has 0 unspecified atom stereocenters. The van der Waals surface area contributed by atoms with Gasteiger partial charge in [-0.1, -0.05) is 17.3 Å². The molecule has 7 nitrogen and oxygen atoms in total. The first kappa shape index (κ1) is 10.8. The van der Waals surface area contributed by atoms with E-state index in [2.05, 4.69) is 5.16 Å². The summed E-state index contributed by atoms with van der Waals surface area (Å²) in [4.78, 5) is 20.8. The average Bonchev–Trinajstić information content (AvgIpc) is 2.78. The fourth-order valence-electron chi connectivity index (χ4n) is 1.34. The summed E-state index contributed by atoms with van der Waals surface area (Å²) < 4.78 is 4.77. The largest absolute Gasteiger partial charge is 0.476 e. The molecule has 0 radical (unpaired) electrons. The van der Waals surface area contributed by atoms with Crippen LogP contribution in [-0.2, 0) is 0 Å². The zero-order chi connectivity index (χ0) is 12.4. The van der Waals surface area contributed by atoms with Crippen molar-refractivity contribution in [2.45, 2.75) is 0 Å². The zero-order valence-corrected chi connectivity index (χ0v) is 8.36. The van der Waals surface area contributed by atoms with Crippen LogP contribution in [-0.4, -0.2) is 21.2 Å². The molecule has 86 valence electrons. The lowest BCUT2D eigenvalue weighted by Gasteiger charge is -1.96. The van der Waals surface area contributed by atoms with Gasteiger partial charge in [-0.3, -0.25) is 10.1 Å². The van der Waals surface area contributed by atoms with E-state index in [1.54, 1.807) is 6.07 Å². The van der Waals surface area contributed by atoms with Crippen molar-refractivity contribution < 1.29 is 19.3 Å². The molecule has 0 atom stereocenters. The van der Waals surface area contributed by atoms with Crippen molar-refractivity contribution in [3.63, 3.8) is 0 Å². The molecule has 2 aromatic rings. The second kappa shape index (κ2) is 4.05. The number of aromatic nitrogens is 1. The summed E-state index contributed by atoms with van der Waals surface area (Å²) in [5.74, 6) is -1.20. The number of carbonyl (C=O) groups is 1. The van der Waals surface area contributed by atoms with Gasteiger partial charge in [-0.25, -0.2) is 4.79 Å². The number of aromatic carboxylic acids is 1. The summed E-state index contributed by atoms with van der Waals surface area (Å²) in [6, 6.07) is 7.01. The molecule has 0 fully saturated rings. The van der Waals surface area contributed by atoms with Gasteiger partial charge in [0, 0.05) is 12.1 Å². The minimum Gasteiger partial charge on any atom is -0.476 e. The van der Waals surface area contributed by atoms with Crippen LogP contribution in [0.15, 0.2) is 34.9 Å². The highest BCUT2D eigenvalue weighted by atomic mass is 16.6. The number of nitrogens with zero attached hydrogens (tertiary/aromatic N) is 2. The van der Waals surface area contributed by atoms with Crippen molar-refractivity contribution >= 4 is 11.7 Å². The molecule has 1 aromatic carbocycles. The van der Waals surface area contributed by atoms with Gasteiger partial charge in [-0.15, -0.1) is 0 Å². The molecule has 17 heavy (non-hydrogen) atoms. The van der Waals surface area contributed by atoms with Crippen LogP contribution in [0.3, 0.4) is 0 Å². The van der Waals surface area contributed by atoms with E-state index in [0.29, 0.717) is 0 Å². The first-order valence-electron chi connectivity index (χ1n) is 4.53. The number of hydrogen-bond acceptors (Lipinski definition) is 5. The van der Waals surface area contributed by atoms with Crippen LogP contribution in [0.5, 0.6) is 0 Å². The molecule has 0 aliphatic heterocycles. The standard InChI is InChI=1S/C10H6N2O5/c13-10(14)7-5-9(17-11-7)6-3-1-2-4-8(6)12(15)16/h1-5H,(H,13,14). The fourth-order valence-corrected chi connectivity index (χ4v) is 1.34. The number of carboxylic acids is 1. The van der Waals surface area contributed by atoms with Gasteiger partial charge in [0.2, 0.25) is 0 Å². The Labute approximate surface area is 94.4 Å². The molecule has 0 spiro atoms. The van der Waals surface area contributed by atoms with E-state index in [1.807, 2.05) is 0 Å². The van der Waals surface area contributed by atoms with E-state index < -0.39 is 10.9 Å². The summed E-state index contributed by atoms with van der Waals surface area (Å²) in [6.07, 6.45) is 0. The minimum absolute atomic E-state index is 0.0506. The molecule has 0 amide bonds. The highest BCUT2D eigenvalue weighted by Crippen LogP contribution is 2.29. The lowest BCUT2D eigenvalue weighted by molar-refractivity contribution is -0.384. The molecule has 0 saturated carbocycles. The molecule has 0 aliphatic rings. The number of rotatable bonds is 3. The van der Waals surface area contributed by atoms with Crippen LogP contribution in [0.1, 0.15) is 10.5 Å². The van der Waals surface area contributed by atoms with Crippen molar-refractivity contribution in [1.82, 2.24) is 5.16 Å². The smallest absolute Gasteiger partial charge is 0.358 e. The Balaban J connectivity index is 2.52. The Hall–Kier alpha value is -2.70. The maximum absolute atomic E-state index is 10.8. The molecule has 1 N–H and O–H groups in total. The first-order valence-corrected chi connectivity index (χ1v) is 4.53. The van der Waals surface area contributed by atoms with Gasteiger partial charge in [-0.05, 0) is 6.07 Å². The molecular weight excluding hydrogens is 228 g/mol. The molecule has 0 bridgehead atoms. The van der Waals surface area contributed by atoms with Crippen LogP contribution in [0.2, 0.25) is 0 Å². The molecule has 0 aliphatic carbocycles. The van der Waals surface area contributed by atoms with Gasteiger partial charge < -0.3 is 9.63 Å². The zero-order valence-electron chi connectivity index (χ0n) is 8.36. The van der Waals surface area contributed by atoms with E-state index in [4.69, 9.17) is 9.63 Å². The molecular formula is C10H6N2O5. The predicted octanol–water partition coefficient (Wildman–Crippen LogP) is 1.95. The molecule has 0 saturated heterocycles. The fraction of sp³-hybridized carbons (Fsp3) is 0. The third-order valence-electron chi connectivity index (χ3n) is 2.10. The summed E-state index contributed by atoms with van der Waals surface area (Å²) in [5, 5.41) is 22.7. The number of hydrogen-bond donors (Lipinski definition) is 1. The third-order valence-corrected chi connectivity index (χ3v) is 2.10. The lowest BCUT2D eigenvalue weighted by Crippen LogP contribution is -1.94. The topological polar surface area (TPSA) is 106 Å². The van der Waals surface area contributed by atoms with Gasteiger partial charge in [0.15, 0.2) is 11.5 Å². The summed E-state index contributed by atoms with van der Waals surface area (Å²) >= 11 is 0. The van der Waals surface area contributed by atoms with Gasteiger partial charge in [0.1, 0.15) is 0 Å². The lowest BCUT2D eigenvalue weighted by atomic mass is 10.1. The van der Waals surface area contributed by atoms with E-state index in [9.17, 15) is 14.9 Å². The van der Waals surface area contributed by atoms with Gasteiger partial charge in [0.25, 0.3) is 5.69 Å². The van der Waals surface area contributed by atoms with Crippen molar-refractivity contribution in [2.75, 3.05) is 0 Å². The number of nitro benzene ring substituents is 1. The average molecular weight is 234 g/mol. The Kier molecular flexibility index (Phi) is 2.57. The van der Waals surface area contributed by atoms with Gasteiger partial charge in [0.05, 0.1) is 10.5 Å². The van der Waals surface area contributed by atoms with Gasteiger partial charge in [-0.2, -0.15) is 0 Å². The van der Waals surface area contributed by atoms with Crippen molar-refractivity contribution in [2.24, 2.45) is 0 Å². The second-order valence-electron chi connectivity index (χ2n) is 3.16. The summed E-state index contributed by atoms with van der Waals surface area (Å²) in [6.45, 7) is 0. The van der Waals surface area contributed by atoms with Crippen LogP contribution in [0.25, 0.3) is 11.3 Å². The van der Waals surface area contributed by atoms with Crippen LogP contribution < -0.4 is 0 Å². The molecule has 2 rings (SSSR count). The Bertz CT molecular complexity index is 590. The predicted molar refractivity (Wildman–Crippen MR) is 55.6 cm³/mol. The summed E-state index contributed by atoms with van der Waals surface area (Å²) in [7, 11) is 0. The van der Waals surface area contributed by atoms with Crippen molar-refractivity contribution in [3.8, 4) is 11.3 Å².